The number of nitrogens with one attached hydrogen (secondary N) is 1. The fourth-order valence-corrected chi connectivity index (χ4v) is 5.23. The van der Waals surface area contributed by atoms with Gasteiger partial charge in [-0.05, 0) is 91.6 Å². The SMILES string of the molecule is C/C=C\CCCC(=O)NCC(=O)Oc1ccc(/C=C/C(=O)OCc2ccc(CO[N+](=O)[O-])cc2)cc1OC.CC.FC(F)(/C=C/C1CCCC1)COc1ccccc1. The number of esters is 2. The molecule has 0 heterocycles. The van der Waals surface area contributed by atoms with Crippen molar-refractivity contribution in [1.29, 1.82) is 0 Å². The van der Waals surface area contributed by atoms with Crippen LogP contribution in [0.25, 0.3) is 6.08 Å². The summed E-state index contributed by atoms with van der Waals surface area (Å²) in [6.45, 7) is 4.90. The summed E-state index contributed by atoms with van der Waals surface area (Å²) < 4.78 is 47.9. The fraction of sp³-hybridized carbons (Fsp3) is 0.386. The Morgan fingerprint density at radius 1 is 0.948 bits per heavy atom. The highest BCUT2D eigenvalue weighted by Gasteiger charge is 2.27. The number of amides is 1. The zero-order valence-electron chi connectivity index (χ0n) is 33.5. The zero-order valence-corrected chi connectivity index (χ0v) is 33.5. The Labute approximate surface area is 339 Å². The Morgan fingerprint density at radius 2 is 1.62 bits per heavy atom. The van der Waals surface area contributed by atoms with Crippen LogP contribution in [0, 0.1) is 16.0 Å². The molecule has 1 aliphatic rings. The monoisotopic (exact) mass is 808 g/mol. The van der Waals surface area contributed by atoms with Crippen LogP contribution in [-0.4, -0.2) is 49.1 Å². The van der Waals surface area contributed by atoms with E-state index in [1.807, 2.05) is 39.0 Å². The van der Waals surface area contributed by atoms with E-state index < -0.39 is 29.6 Å². The standard InChI is InChI=1S/C27H30N2O9.C15H18F2O.C2H6/c1-3-4-5-6-7-25(30)28-17-27(32)38-23-14-12-20(16-24(23)35-2)13-15-26(31)36-18-21-8-10-22(11-9-21)19-37-29(33)34;16-15(17,11-10-13-6-4-5-7-13)12-18-14-8-2-1-3-9-14;1-2/h3-4,8-16H,5-7,17-19H2,1-2H3,(H,28,30);1-3,8-11,13H,4-7,12H2;1-2H3/b4-3-,15-13+;11-10+;. The number of methoxy groups -OCH3 is 1. The molecular formula is C44H54F2N2O10. The van der Waals surface area contributed by atoms with Crippen molar-refractivity contribution in [1.82, 2.24) is 5.32 Å². The van der Waals surface area contributed by atoms with Crippen LogP contribution in [0.4, 0.5) is 8.78 Å². The van der Waals surface area contributed by atoms with Crippen LogP contribution in [0.5, 0.6) is 17.2 Å². The maximum atomic E-state index is 13.6. The predicted molar refractivity (Wildman–Crippen MR) is 217 cm³/mol. The minimum Gasteiger partial charge on any atom is -0.493 e. The van der Waals surface area contributed by atoms with Crippen molar-refractivity contribution in [2.24, 2.45) is 5.92 Å². The molecule has 0 atom stereocenters. The molecule has 3 aromatic carbocycles. The van der Waals surface area contributed by atoms with E-state index in [9.17, 15) is 33.3 Å². The van der Waals surface area contributed by atoms with Crippen molar-refractivity contribution in [2.45, 2.75) is 84.9 Å². The topological polar surface area (TPSA) is 153 Å². The van der Waals surface area contributed by atoms with Gasteiger partial charge >= 0.3 is 11.9 Å². The first-order valence-corrected chi connectivity index (χ1v) is 19.2. The van der Waals surface area contributed by atoms with Gasteiger partial charge in [0.1, 0.15) is 25.5 Å². The Kier molecular flexibility index (Phi) is 22.8. The zero-order chi connectivity index (χ0) is 42.6. The summed E-state index contributed by atoms with van der Waals surface area (Å²) in [5.74, 6) is -3.10. The number of carbonyl (C=O) groups excluding carboxylic acids is 3. The van der Waals surface area contributed by atoms with E-state index >= 15 is 0 Å². The molecule has 0 spiro atoms. The molecule has 1 amide bonds. The number of hydrogen-bond donors (Lipinski definition) is 1. The molecular weight excluding hydrogens is 754 g/mol. The second-order valence-corrected chi connectivity index (χ2v) is 12.6. The van der Waals surface area contributed by atoms with Crippen LogP contribution < -0.4 is 19.5 Å². The molecule has 0 bridgehead atoms. The molecule has 0 aromatic heterocycles. The molecule has 58 heavy (non-hydrogen) atoms. The van der Waals surface area contributed by atoms with E-state index in [1.165, 1.54) is 25.3 Å². The summed E-state index contributed by atoms with van der Waals surface area (Å²) in [5, 5.41) is 11.9. The summed E-state index contributed by atoms with van der Waals surface area (Å²) in [6.07, 6.45) is 15.5. The molecule has 1 saturated carbocycles. The molecule has 1 fully saturated rings. The first-order chi connectivity index (χ1) is 28.0. The number of rotatable bonds is 20. The first kappa shape index (κ1) is 48.1. The molecule has 0 saturated heterocycles. The van der Waals surface area contributed by atoms with E-state index in [4.69, 9.17) is 18.9 Å². The Bertz CT molecular complexity index is 1770. The second kappa shape index (κ2) is 27.5. The number of allylic oxidation sites excluding steroid dienone is 3. The number of hydrogen-bond acceptors (Lipinski definition) is 10. The van der Waals surface area contributed by atoms with Crippen molar-refractivity contribution in [3.8, 4) is 17.2 Å². The van der Waals surface area contributed by atoms with E-state index in [0.717, 1.165) is 38.2 Å². The number of ether oxygens (including phenoxy) is 4. The highest BCUT2D eigenvalue weighted by Crippen LogP contribution is 2.29. The molecule has 1 aliphatic carbocycles. The average Bonchev–Trinajstić information content (AvgIpc) is 3.77. The minimum atomic E-state index is -2.89. The normalized spacial score (nSPS) is 12.6. The molecule has 14 heteroatoms. The van der Waals surface area contributed by atoms with E-state index in [-0.39, 0.29) is 37.2 Å². The first-order valence-electron chi connectivity index (χ1n) is 19.2. The highest BCUT2D eigenvalue weighted by molar-refractivity contribution is 5.87. The summed E-state index contributed by atoms with van der Waals surface area (Å²) >= 11 is 0. The van der Waals surface area contributed by atoms with Crippen LogP contribution in [-0.2, 0) is 37.2 Å². The number of unbranched alkanes of at least 4 members (excludes halogenated alkanes) is 1. The molecule has 0 radical (unpaired) electrons. The van der Waals surface area contributed by atoms with Crippen LogP contribution in [0.1, 0.15) is 82.4 Å². The lowest BCUT2D eigenvalue weighted by atomic mass is 10.1. The lowest BCUT2D eigenvalue weighted by molar-refractivity contribution is -0.763. The summed E-state index contributed by atoms with van der Waals surface area (Å²) in [5.41, 5.74) is 1.91. The molecule has 0 aliphatic heterocycles. The lowest BCUT2D eigenvalue weighted by Crippen LogP contribution is -2.31. The lowest BCUT2D eigenvalue weighted by Gasteiger charge is -2.14. The van der Waals surface area contributed by atoms with Crippen LogP contribution in [0.2, 0.25) is 0 Å². The Morgan fingerprint density at radius 3 is 2.26 bits per heavy atom. The quantitative estimate of drug-likeness (QED) is 0.0222. The fourth-order valence-electron chi connectivity index (χ4n) is 5.23. The third-order valence-corrected chi connectivity index (χ3v) is 8.19. The van der Waals surface area contributed by atoms with Crippen LogP contribution in [0.3, 0.4) is 0 Å². The molecule has 12 nitrogen and oxygen atoms in total. The molecule has 4 rings (SSSR count). The number of halogens is 2. The van der Waals surface area contributed by atoms with Gasteiger partial charge in [0.2, 0.25) is 5.91 Å². The number of carbonyl (C=O) groups is 3. The van der Waals surface area contributed by atoms with E-state index in [2.05, 4.69) is 10.2 Å². The predicted octanol–water partition coefficient (Wildman–Crippen LogP) is 9.40. The van der Waals surface area contributed by atoms with Crippen molar-refractivity contribution in [3.63, 3.8) is 0 Å². The largest absolute Gasteiger partial charge is 0.493 e. The number of benzene rings is 3. The van der Waals surface area contributed by atoms with Gasteiger partial charge in [-0.25, -0.2) is 9.59 Å². The van der Waals surface area contributed by atoms with Gasteiger partial charge in [0.05, 0.1) is 7.11 Å². The van der Waals surface area contributed by atoms with Gasteiger partial charge in [-0.1, -0.05) is 93.4 Å². The third kappa shape index (κ3) is 20.7. The number of para-hydroxylation sites is 1. The van der Waals surface area contributed by atoms with Gasteiger partial charge in [0.15, 0.2) is 18.1 Å². The molecule has 1 N–H and O–H groups in total. The van der Waals surface area contributed by atoms with Crippen molar-refractivity contribution in [2.75, 3.05) is 20.3 Å². The van der Waals surface area contributed by atoms with Crippen molar-refractivity contribution < 1.29 is 52.0 Å². The van der Waals surface area contributed by atoms with E-state index in [0.29, 0.717) is 41.2 Å². The Balaban J connectivity index is 0.000000480. The molecule has 3 aromatic rings. The van der Waals surface area contributed by atoms with Crippen molar-refractivity contribution >= 4 is 23.9 Å². The van der Waals surface area contributed by atoms with Gasteiger partial charge in [-0.2, -0.15) is 8.78 Å². The van der Waals surface area contributed by atoms with Gasteiger partial charge in [-0.3, -0.25) is 4.79 Å². The summed E-state index contributed by atoms with van der Waals surface area (Å²) in [7, 11) is 1.41. The summed E-state index contributed by atoms with van der Waals surface area (Å²) in [6, 6.07) is 20.1. The third-order valence-electron chi connectivity index (χ3n) is 8.19. The maximum absolute atomic E-state index is 13.6. The van der Waals surface area contributed by atoms with Gasteiger partial charge in [0.25, 0.3) is 11.0 Å². The van der Waals surface area contributed by atoms with E-state index in [1.54, 1.807) is 66.7 Å². The van der Waals surface area contributed by atoms with Gasteiger partial charge in [-0.15, -0.1) is 10.1 Å². The van der Waals surface area contributed by atoms with Gasteiger partial charge < -0.3 is 29.1 Å². The van der Waals surface area contributed by atoms with Gasteiger partial charge in [0, 0.05) is 12.5 Å². The number of alkyl halides is 2. The van der Waals surface area contributed by atoms with Crippen molar-refractivity contribution in [3.05, 3.63) is 130 Å². The Hall–Kier alpha value is -6.05. The molecule has 0 unspecified atom stereocenters. The smallest absolute Gasteiger partial charge is 0.331 e. The molecule has 314 valence electrons. The average molecular weight is 809 g/mol. The second-order valence-electron chi connectivity index (χ2n) is 12.6. The minimum absolute atomic E-state index is 0.0179. The van der Waals surface area contributed by atoms with Crippen LogP contribution in [0.15, 0.2) is 103 Å². The maximum Gasteiger partial charge on any atom is 0.331 e. The summed E-state index contributed by atoms with van der Waals surface area (Å²) in [4.78, 5) is 50.5. The van der Waals surface area contributed by atoms with Crippen LogP contribution >= 0.6 is 0 Å². The highest BCUT2D eigenvalue weighted by atomic mass is 19.3. The number of nitrogens with zero attached hydrogens (tertiary/aromatic N) is 1.